The summed E-state index contributed by atoms with van der Waals surface area (Å²) in [6, 6.07) is -0.939. The molecule has 1 heterocycles. The van der Waals surface area contributed by atoms with Crippen LogP contribution in [0.1, 0.15) is 57.1 Å². The van der Waals surface area contributed by atoms with E-state index in [1.165, 1.54) is 6.20 Å². The van der Waals surface area contributed by atoms with Gasteiger partial charge in [0, 0.05) is 0 Å². The topological polar surface area (TPSA) is 84.2 Å². The summed E-state index contributed by atoms with van der Waals surface area (Å²) in [5.74, 6) is -1.45. The zero-order chi connectivity index (χ0) is 16.9. The summed E-state index contributed by atoms with van der Waals surface area (Å²) in [7, 11) is 0. The Morgan fingerprint density at radius 3 is 2.55 bits per heavy atom. The number of aromatic nitrogens is 2. The van der Waals surface area contributed by atoms with E-state index in [4.69, 9.17) is 0 Å². The van der Waals surface area contributed by atoms with Crippen molar-refractivity contribution < 1.29 is 14.7 Å². The predicted octanol–water partition coefficient (Wildman–Crippen LogP) is 2.35. The van der Waals surface area contributed by atoms with Gasteiger partial charge >= 0.3 is 5.97 Å². The van der Waals surface area contributed by atoms with Crippen LogP contribution < -0.4 is 5.32 Å². The van der Waals surface area contributed by atoms with Crippen LogP contribution in [-0.2, 0) is 16.8 Å². The minimum Gasteiger partial charge on any atom is -0.480 e. The van der Waals surface area contributed by atoms with Gasteiger partial charge in [0.2, 0.25) is 0 Å². The molecule has 0 saturated heterocycles. The Hall–Kier alpha value is -2.11. The van der Waals surface area contributed by atoms with Crippen molar-refractivity contribution in [1.29, 1.82) is 0 Å². The molecule has 1 atom stereocenters. The van der Waals surface area contributed by atoms with Crippen LogP contribution in [0, 0.1) is 0 Å². The van der Waals surface area contributed by atoms with Gasteiger partial charge in [0.1, 0.15) is 6.04 Å². The molecule has 0 aliphatic heterocycles. The number of hydrogen-bond donors (Lipinski definition) is 2. The van der Waals surface area contributed by atoms with E-state index < -0.39 is 17.9 Å². The highest BCUT2D eigenvalue weighted by atomic mass is 16.4. The lowest BCUT2D eigenvalue weighted by atomic mass is 10.1. The number of hydrogen-bond acceptors (Lipinski definition) is 3. The number of amides is 1. The number of rotatable bonds is 6. The number of nitrogens with one attached hydrogen (secondary N) is 1. The molecule has 2 N–H and O–H groups in total. The van der Waals surface area contributed by atoms with E-state index in [-0.39, 0.29) is 12.0 Å². The third kappa shape index (κ3) is 4.19. The molecule has 0 fully saturated rings. The largest absolute Gasteiger partial charge is 0.480 e. The molecule has 0 saturated carbocycles. The molecule has 6 nitrogen and oxygen atoms in total. The molecule has 122 valence electrons. The third-order valence-electron chi connectivity index (χ3n) is 3.29. The van der Waals surface area contributed by atoms with Gasteiger partial charge in [-0.05, 0) is 40.5 Å². The van der Waals surface area contributed by atoms with Crippen molar-refractivity contribution in [3.05, 3.63) is 29.6 Å². The molecule has 1 aromatic rings. The normalized spacial score (nSPS) is 13.3. The minimum absolute atomic E-state index is 0.235. The quantitative estimate of drug-likeness (QED) is 0.790. The van der Waals surface area contributed by atoms with E-state index in [0.29, 0.717) is 12.0 Å². The molecule has 1 aromatic heterocycles. The molecule has 0 bridgehead atoms. The maximum Gasteiger partial charge on any atom is 0.326 e. The average molecular weight is 307 g/mol. The van der Waals surface area contributed by atoms with E-state index in [0.717, 1.165) is 5.69 Å². The van der Waals surface area contributed by atoms with Gasteiger partial charge in [0.25, 0.3) is 5.91 Å². The zero-order valence-electron chi connectivity index (χ0n) is 13.9. The molecule has 0 aliphatic carbocycles. The van der Waals surface area contributed by atoms with Crippen molar-refractivity contribution in [3.63, 3.8) is 0 Å². The van der Waals surface area contributed by atoms with Gasteiger partial charge in [-0.3, -0.25) is 9.48 Å². The monoisotopic (exact) mass is 307 g/mol. The lowest BCUT2D eigenvalue weighted by Crippen LogP contribution is -2.40. The van der Waals surface area contributed by atoms with Gasteiger partial charge in [-0.2, -0.15) is 5.10 Å². The zero-order valence-corrected chi connectivity index (χ0v) is 13.9. The number of nitrogens with zero attached hydrogens (tertiary/aromatic N) is 2. The van der Waals surface area contributed by atoms with E-state index in [2.05, 4.69) is 10.4 Å². The molecule has 0 spiro atoms. The fraction of sp³-hybridized carbons (Fsp3) is 0.562. The summed E-state index contributed by atoms with van der Waals surface area (Å²) < 4.78 is 1.81. The maximum absolute atomic E-state index is 12.4. The summed E-state index contributed by atoms with van der Waals surface area (Å²) >= 11 is 0. The number of aliphatic carboxylic acids is 1. The van der Waals surface area contributed by atoms with Crippen LogP contribution in [0.4, 0.5) is 0 Å². The molecule has 0 aliphatic rings. The second kappa shape index (κ2) is 7.24. The Labute approximate surface area is 131 Å². The second-order valence-corrected chi connectivity index (χ2v) is 6.11. The van der Waals surface area contributed by atoms with Gasteiger partial charge in [0.15, 0.2) is 0 Å². The SMILES string of the molecule is C/C=C/CC(NC(=O)c1cnn(C(C)(C)C)c1CC)C(=O)O. The minimum atomic E-state index is -1.05. The summed E-state index contributed by atoms with van der Waals surface area (Å²) in [5.41, 5.74) is 1.01. The van der Waals surface area contributed by atoms with Crippen LogP contribution >= 0.6 is 0 Å². The summed E-state index contributed by atoms with van der Waals surface area (Å²) in [5, 5.41) is 16.0. The Kier molecular flexibility index (Phi) is 5.91. The summed E-state index contributed by atoms with van der Waals surface area (Å²) in [6.07, 6.45) is 5.89. The highest BCUT2D eigenvalue weighted by Crippen LogP contribution is 2.19. The fourth-order valence-electron chi connectivity index (χ4n) is 2.21. The summed E-state index contributed by atoms with van der Waals surface area (Å²) in [4.78, 5) is 23.6. The van der Waals surface area contributed by atoms with Crippen molar-refractivity contribution >= 4 is 11.9 Å². The van der Waals surface area contributed by atoms with Gasteiger partial charge in [-0.25, -0.2) is 4.79 Å². The van der Waals surface area contributed by atoms with Crippen molar-refractivity contribution in [3.8, 4) is 0 Å². The van der Waals surface area contributed by atoms with Crippen LogP contribution in [0.25, 0.3) is 0 Å². The standard InChI is InChI=1S/C16H25N3O3/c1-6-8-9-12(15(21)22)18-14(20)11-10-17-19(13(11)7-2)16(3,4)5/h6,8,10,12H,7,9H2,1-5H3,(H,18,20)(H,21,22)/b8-6+. The molecule has 0 aromatic carbocycles. The number of allylic oxidation sites excluding steroid dienone is 1. The third-order valence-corrected chi connectivity index (χ3v) is 3.29. The fourth-order valence-corrected chi connectivity index (χ4v) is 2.21. The molecule has 1 rings (SSSR count). The Morgan fingerprint density at radius 1 is 1.45 bits per heavy atom. The molecule has 22 heavy (non-hydrogen) atoms. The van der Waals surface area contributed by atoms with Crippen molar-refractivity contribution in [2.45, 2.75) is 59.0 Å². The lowest BCUT2D eigenvalue weighted by molar-refractivity contribution is -0.139. The maximum atomic E-state index is 12.4. The van der Waals surface area contributed by atoms with Gasteiger partial charge < -0.3 is 10.4 Å². The first-order valence-electron chi connectivity index (χ1n) is 7.44. The van der Waals surface area contributed by atoms with Crippen LogP contribution in [0.5, 0.6) is 0 Å². The first-order valence-corrected chi connectivity index (χ1v) is 7.44. The van der Waals surface area contributed by atoms with Crippen LogP contribution in [0.15, 0.2) is 18.3 Å². The second-order valence-electron chi connectivity index (χ2n) is 6.11. The highest BCUT2D eigenvalue weighted by molar-refractivity contribution is 5.97. The number of carbonyl (C=O) groups excluding carboxylic acids is 1. The Balaban J connectivity index is 3.03. The first kappa shape index (κ1) is 17.9. The molecular weight excluding hydrogens is 282 g/mol. The smallest absolute Gasteiger partial charge is 0.326 e. The van der Waals surface area contributed by atoms with E-state index >= 15 is 0 Å². The van der Waals surface area contributed by atoms with Crippen LogP contribution in [0.2, 0.25) is 0 Å². The molecule has 1 amide bonds. The number of carbonyl (C=O) groups is 2. The average Bonchev–Trinajstić information content (AvgIpc) is 2.86. The van der Waals surface area contributed by atoms with Gasteiger partial charge in [0.05, 0.1) is 23.0 Å². The van der Waals surface area contributed by atoms with Gasteiger partial charge in [-0.1, -0.05) is 19.1 Å². The first-order chi connectivity index (χ1) is 10.2. The van der Waals surface area contributed by atoms with Crippen molar-refractivity contribution in [1.82, 2.24) is 15.1 Å². The molecular formula is C16H25N3O3. The van der Waals surface area contributed by atoms with E-state index in [9.17, 15) is 14.7 Å². The van der Waals surface area contributed by atoms with Crippen LogP contribution in [-0.4, -0.2) is 32.8 Å². The number of carboxylic acids is 1. The molecule has 1 unspecified atom stereocenters. The molecule has 6 heteroatoms. The van der Waals surface area contributed by atoms with Crippen molar-refractivity contribution in [2.24, 2.45) is 0 Å². The Morgan fingerprint density at radius 2 is 2.09 bits per heavy atom. The lowest BCUT2D eigenvalue weighted by Gasteiger charge is -2.22. The Bertz CT molecular complexity index is 568. The van der Waals surface area contributed by atoms with E-state index in [1.807, 2.05) is 39.3 Å². The van der Waals surface area contributed by atoms with Gasteiger partial charge in [-0.15, -0.1) is 0 Å². The predicted molar refractivity (Wildman–Crippen MR) is 84.9 cm³/mol. The number of carboxylic acid groups (broad SMARTS) is 1. The van der Waals surface area contributed by atoms with Crippen LogP contribution in [0.3, 0.4) is 0 Å². The van der Waals surface area contributed by atoms with Crippen molar-refractivity contribution in [2.75, 3.05) is 0 Å². The summed E-state index contributed by atoms with van der Waals surface area (Å²) in [6.45, 7) is 9.78. The highest BCUT2D eigenvalue weighted by Gasteiger charge is 2.25. The van der Waals surface area contributed by atoms with E-state index in [1.54, 1.807) is 12.2 Å². The molecule has 0 radical (unpaired) electrons.